The standard InChI is InChI=1S/C22H26N6O2S/c1-23-12-15-2-3-19(25-13-15)28-21-26-14-18(31-21)17-4-7-24-20(27-17)30-16-10-22(11-16)5-8-29-9-6-22/h2-4,7,13-14,16,23H,5-6,8-12H2,1H3,(H,25,26,28). The van der Waals surface area contributed by atoms with Crippen molar-refractivity contribution >= 4 is 22.3 Å². The summed E-state index contributed by atoms with van der Waals surface area (Å²) in [5.74, 6) is 0.763. The van der Waals surface area contributed by atoms with E-state index >= 15 is 0 Å². The van der Waals surface area contributed by atoms with E-state index in [9.17, 15) is 0 Å². The van der Waals surface area contributed by atoms with Crippen molar-refractivity contribution in [2.24, 2.45) is 5.41 Å². The highest BCUT2D eigenvalue weighted by molar-refractivity contribution is 7.18. The van der Waals surface area contributed by atoms with Gasteiger partial charge in [-0.2, -0.15) is 4.98 Å². The van der Waals surface area contributed by atoms with Crippen LogP contribution in [0, 0.1) is 5.41 Å². The average molecular weight is 439 g/mol. The first-order valence-electron chi connectivity index (χ1n) is 10.6. The van der Waals surface area contributed by atoms with Crippen LogP contribution >= 0.6 is 11.3 Å². The summed E-state index contributed by atoms with van der Waals surface area (Å²) in [6.45, 7) is 2.54. The summed E-state index contributed by atoms with van der Waals surface area (Å²) in [5.41, 5.74) is 2.36. The van der Waals surface area contributed by atoms with Gasteiger partial charge in [-0.1, -0.05) is 17.4 Å². The van der Waals surface area contributed by atoms with E-state index in [2.05, 4.69) is 30.6 Å². The molecule has 0 bridgehead atoms. The lowest BCUT2D eigenvalue weighted by atomic mass is 9.62. The Morgan fingerprint density at radius 3 is 2.77 bits per heavy atom. The van der Waals surface area contributed by atoms with Crippen molar-refractivity contribution in [2.45, 2.75) is 38.3 Å². The van der Waals surface area contributed by atoms with E-state index in [0.717, 1.165) is 72.5 Å². The van der Waals surface area contributed by atoms with Crippen LogP contribution in [0.2, 0.25) is 0 Å². The molecular weight excluding hydrogens is 412 g/mol. The van der Waals surface area contributed by atoms with E-state index in [1.165, 1.54) is 11.3 Å². The Hall–Kier alpha value is -2.62. The molecule has 1 saturated heterocycles. The van der Waals surface area contributed by atoms with Crippen molar-refractivity contribution in [1.82, 2.24) is 25.3 Å². The van der Waals surface area contributed by atoms with E-state index in [1.54, 1.807) is 6.20 Å². The van der Waals surface area contributed by atoms with Gasteiger partial charge in [-0.25, -0.2) is 15.0 Å². The normalized spacial score (nSPS) is 18.0. The molecule has 0 aromatic carbocycles. The van der Waals surface area contributed by atoms with Gasteiger partial charge >= 0.3 is 6.01 Å². The number of rotatable bonds is 7. The molecule has 0 radical (unpaired) electrons. The van der Waals surface area contributed by atoms with Crippen LogP contribution in [0.15, 0.2) is 36.8 Å². The summed E-state index contributed by atoms with van der Waals surface area (Å²) in [5, 5.41) is 7.14. The van der Waals surface area contributed by atoms with Crippen LogP contribution in [0.4, 0.5) is 10.9 Å². The van der Waals surface area contributed by atoms with Crippen LogP contribution < -0.4 is 15.4 Å². The van der Waals surface area contributed by atoms with Crippen LogP contribution in [-0.2, 0) is 11.3 Å². The molecule has 3 aromatic heterocycles. The highest BCUT2D eigenvalue weighted by Gasteiger charge is 2.46. The SMILES string of the molecule is CNCc1ccc(Nc2ncc(-c3ccnc(OC4CC5(CCOCC5)C4)n3)s2)nc1. The highest BCUT2D eigenvalue weighted by Crippen LogP contribution is 2.49. The third-order valence-corrected chi connectivity index (χ3v) is 6.91. The quantitative estimate of drug-likeness (QED) is 0.575. The number of anilines is 2. The zero-order valence-electron chi connectivity index (χ0n) is 17.5. The summed E-state index contributed by atoms with van der Waals surface area (Å²) in [7, 11) is 1.92. The van der Waals surface area contributed by atoms with E-state index in [0.29, 0.717) is 11.4 Å². The number of pyridine rings is 1. The molecule has 1 aliphatic heterocycles. The fraction of sp³-hybridized carbons (Fsp3) is 0.455. The topological polar surface area (TPSA) is 94.1 Å². The highest BCUT2D eigenvalue weighted by atomic mass is 32.1. The monoisotopic (exact) mass is 438 g/mol. The van der Waals surface area contributed by atoms with Crippen molar-refractivity contribution in [3.05, 3.63) is 42.4 Å². The Morgan fingerprint density at radius 1 is 1.13 bits per heavy atom. The molecule has 1 spiro atoms. The minimum Gasteiger partial charge on any atom is -0.460 e. The summed E-state index contributed by atoms with van der Waals surface area (Å²) in [6.07, 6.45) is 10.0. The number of nitrogens with zero attached hydrogens (tertiary/aromatic N) is 4. The second kappa shape index (κ2) is 8.86. The average Bonchev–Trinajstić information content (AvgIpc) is 3.24. The van der Waals surface area contributed by atoms with E-state index in [4.69, 9.17) is 9.47 Å². The molecule has 3 aromatic rings. The summed E-state index contributed by atoms with van der Waals surface area (Å²) in [6, 6.07) is 6.32. The number of hydrogen-bond donors (Lipinski definition) is 2. The van der Waals surface area contributed by atoms with Crippen molar-refractivity contribution in [3.8, 4) is 16.6 Å². The van der Waals surface area contributed by atoms with Crippen LogP contribution in [0.5, 0.6) is 6.01 Å². The second-order valence-corrected chi connectivity index (χ2v) is 9.25. The van der Waals surface area contributed by atoms with Gasteiger partial charge in [-0.3, -0.25) is 0 Å². The molecule has 5 rings (SSSR count). The van der Waals surface area contributed by atoms with E-state index in [1.807, 2.05) is 37.6 Å². The molecule has 2 fully saturated rings. The Balaban J connectivity index is 1.21. The van der Waals surface area contributed by atoms with Crippen molar-refractivity contribution in [2.75, 3.05) is 25.6 Å². The lowest BCUT2D eigenvalue weighted by Crippen LogP contribution is -2.47. The molecule has 8 nitrogen and oxygen atoms in total. The first-order chi connectivity index (χ1) is 15.2. The Morgan fingerprint density at radius 2 is 2.00 bits per heavy atom. The van der Waals surface area contributed by atoms with Gasteiger partial charge in [0.15, 0.2) is 5.13 Å². The molecule has 1 aliphatic carbocycles. The van der Waals surface area contributed by atoms with Crippen molar-refractivity contribution < 1.29 is 9.47 Å². The maximum absolute atomic E-state index is 6.06. The second-order valence-electron chi connectivity index (χ2n) is 8.22. The molecule has 0 atom stereocenters. The largest absolute Gasteiger partial charge is 0.460 e. The number of hydrogen-bond acceptors (Lipinski definition) is 9. The molecule has 0 amide bonds. The van der Waals surface area contributed by atoms with Gasteiger partial charge in [0.1, 0.15) is 11.9 Å². The number of thiazole rings is 1. The van der Waals surface area contributed by atoms with E-state index in [-0.39, 0.29) is 6.10 Å². The fourth-order valence-electron chi connectivity index (χ4n) is 4.25. The molecule has 4 heterocycles. The summed E-state index contributed by atoms with van der Waals surface area (Å²) < 4.78 is 11.6. The van der Waals surface area contributed by atoms with Gasteiger partial charge < -0.3 is 20.1 Å². The maximum atomic E-state index is 6.06. The van der Waals surface area contributed by atoms with Gasteiger partial charge in [0, 0.05) is 38.3 Å². The van der Waals surface area contributed by atoms with Gasteiger partial charge in [0.25, 0.3) is 0 Å². The molecule has 162 valence electrons. The van der Waals surface area contributed by atoms with Gasteiger partial charge in [-0.15, -0.1) is 0 Å². The predicted molar refractivity (Wildman–Crippen MR) is 120 cm³/mol. The first-order valence-corrected chi connectivity index (χ1v) is 11.4. The van der Waals surface area contributed by atoms with Crippen LogP contribution in [0.1, 0.15) is 31.2 Å². The van der Waals surface area contributed by atoms with E-state index < -0.39 is 0 Å². The Kier molecular flexibility index (Phi) is 5.80. The van der Waals surface area contributed by atoms with Crippen molar-refractivity contribution in [1.29, 1.82) is 0 Å². The predicted octanol–water partition coefficient (Wildman–Crippen LogP) is 3.80. The van der Waals surface area contributed by atoms with Gasteiger partial charge in [0.2, 0.25) is 0 Å². The zero-order chi connectivity index (χ0) is 21.1. The third-order valence-electron chi connectivity index (χ3n) is 5.98. The number of nitrogens with one attached hydrogen (secondary N) is 2. The van der Waals surface area contributed by atoms with Crippen LogP contribution in [-0.4, -0.2) is 46.3 Å². The molecule has 2 aliphatic rings. The molecule has 0 unspecified atom stereocenters. The fourth-order valence-corrected chi connectivity index (χ4v) is 5.05. The smallest absolute Gasteiger partial charge is 0.317 e. The molecule has 2 N–H and O–H groups in total. The third kappa shape index (κ3) is 4.68. The Bertz CT molecular complexity index is 1010. The first kappa shape index (κ1) is 20.3. The molecule has 1 saturated carbocycles. The lowest BCUT2D eigenvalue weighted by molar-refractivity contribution is -0.0880. The van der Waals surface area contributed by atoms with Crippen molar-refractivity contribution in [3.63, 3.8) is 0 Å². The lowest BCUT2D eigenvalue weighted by Gasteiger charge is -2.49. The minimum absolute atomic E-state index is 0.198. The number of aromatic nitrogens is 4. The van der Waals surface area contributed by atoms with Gasteiger partial charge in [-0.05, 0) is 55.8 Å². The Labute approximate surface area is 185 Å². The summed E-state index contributed by atoms with van der Waals surface area (Å²) in [4.78, 5) is 18.8. The zero-order valence-corrected chi connectivity index (χ0v) is 18.3. The molecule has 9 heteroatoms. The maximum Gasteiger partial charge on any atom is 0.317 e. The molecule has 31 heavy (non-hydrogen) atoms. The molecular formula is C22H26N6O2S. The minimum atomic E-state index is 0.198. The number of ether oxygens (including phenoxy) is 2. The summed E-state index contributed by atoms with van der Waals surface area (Å²) >= 11 is 1.53. The van der Waals surface area contributed by atoms with Gasteiger partial charge in [0.05, 0.1) is 10.6 Å². The van der Waals surface area contributed by atoms with Crippen LogP contribution in [0.25, 0.3) is 10.6 Å². The van der Waals surface area contributed by atoms with Crippen LogP contribution in [0.3, 0.4) is 0 Å².